The first kappa shape index (κ1) is 23.1. The van der Waals surface area contributed by atoms with Gasteiger partial charge >= 0.3 is 6.09 Å². The molecule has 168 valence electrons. The van der Waals surface area contributed by atoms with Crippen LogP contribution in [0.25, 0.3) is 0 Å². The number of halogens is 1. The predicted octanol–water partition coefficient (Wildman–Crippen LogP) is 3.91. The molecule has 0 bridgehead atoms. The smallest absolute Gasteiger partial charge is 0.410 e. The summed E-state index contributed by atoms with van der Waals surface area (Å²) < 4.78 is 5.55. The number of aryl methyl sites for hydroxylation is 2. The van der Waals surface area contributed by atoms with E-state index in [1.807, 2.05) is 63.8 Å². The number of carbonyl (C=O) groups excluding carboxylic acids is 2. The van der Waals surface area contributed by atoms with E-state index in [9.17, 15) is 9.59 Å². The Labute approximate surface area is 187 Å². The van der Waals surface area contributed by atoms with Crippen molar-refractivity contribution >= 4 is 29.3 Å². The summed E-state index contributed by atoms with van der Waals surface area (Å²) in [5.74, 6) is -0.143. The molecule has 0 radical (unpaired) electrons. The van der Waals surface area contributed by atoms with Gasteiger partial charge < -0.3 is 15.0 Å². The van der Waals surface area contributed by atoms with Gasteiger partial charge in [0.1, 0.15) is 5.60 Å². The van der Waals surface area contributed by atoms with Gasteiger partial charge in [-0.25, -0.2) is 4.79 Å². The van der Waals surface area contributed by atoms with Crippen LogP contribution in [0.5, 0.6) is 0 Å². The Bertz CT molecular complexity index is 933. The van der Waals surface area contributed by atoms with Crippen LogP contribution in [0.3, 0.4) is 0 Å². The van der Waals surface area contributed by atoms with E-state index in [1.54, 1.807) is 4.90 Å². The first-order valence-electron chi connectivity index (χ1n) is 10.3. The molecule has 0 unspecified atom stereocenters. The van der Waals surface area contributed by atoms with Crippen molar-refractivity contribution in [1.29, 1.82) is 0 Å². The lowest BCUT2D eigenvalue weighted by molar-refractivity contribution is -0.118. The summed E-state index contributed by atoms with van der Waals surface area (Å²) in [6, 6.07) is 7.29. The fourth-order valence-electron chi connectivity index (χ4n) is 3.64. The van der Waals surface area contributed by atoms with Crippen LogP contribution in [-0.2, 0) is 9.53 Å². The van der Waals surface area contributed by atoms with Gasteiger partial charge in [-0.3, -0.25) is 14.8 Å². The lowest BCUT2D eigenvalue weighted by atomic mass is 10.0. The van der Waals surface area contributed by atoms with Crippen molar-refractivity contribution in [3.8, 4) is 0 Å². The predicted molar refractivity (Wildman–Crippen MR) is 120 cm³/mol. The summed E-state index contributed by atoms with van der Waals surface area (Å²) in [5.41, 5.74) is 2.55. The third-order valence-corrected chi connectivity index (χ3v) is 5.49. The van der Waals surface area contributed by atoms with Crippen molar-refractivity contribution in [1.82, 2.24) is 20.0 Å². The second-order valence-electron chi connectivity index (χ2n) is 8.79. The van der Waals surface area contributed by atoms with Gasteiger partial charge in [0.15, 0.2) is 0 Å². The van der Waals surface area contributed by atoms with Crippen LogP contribution in [0.15, 0.2) is 24.3 Å². The molecular weight excluding hydrogens is 418 g/mol. The van der Waals surface area contributed by atoms with Crippen molar-refractivity contribution in [3.05, 3.63) is 46.2 Å². The monoisotopic (exact) mass is 447 g/mol. The van der Waals surface area contributed by atoms with Crippen LogP contribution >= 0.6 is 11.6 Å². The highest BCUT2D eigenvalue weighted by molar-refractivity contribution is 6.31. The van der Waals surface area contributed by atoms with Crippen molar-refractivity contribution < 1.29 is 14.3 Å². The minimum atomic E-state index is -0.575. The Morgan fingerprint density at radius 1 is 1.26 bits per heavy atom. The average Bonchev–Trinajstić information content (AvgIpc) is 2.99. The molecule has 3 rings (SSSR count). The Hall–Kier alpha value is -2.58. The van der Waals surface area contributed by atoms with Crippen LogP contribution in [0.4, 0.5) is 10.5 Å². The van der Waals surface area contributed by atoms with E-state index in [0.717, 1.165) is 17.0 Å². The van der Waals surface area contributed by atoms with Crippen LogP contribution in [-0.4, -0.2) is 63.8 Å². The number of H-pyrrole nitrogens is 1. The molecule has 2 amide bonds. The molecule has 0 spiro atoms. The molecule has 1 aromatic carbocycles. The molecular formula is C22H30ClN5O3. The highest BCUT2D eigenvalue weighted by Gasteiger charge is 2.34. The Balaban J connectivity index is 1.78. The normalized spacial score (nSPS) is 17.5. The number of piperazine rings is 1. The van der Waals surface area contributed by atoms with Crippen molar-refractivity contribution in [2.24, 2.45) is 0 Å². The second-order valence-corrected chi connectivity index (χ2v) is 9.20. The summed E-state index contributed by atoms with van der Waals surface area (Å²) in [6.07, 6.45) is -0.363. The molecule has 1 aliphatic heterocycles. The van der Waals surface area contributed by atoms with Gasteiger partial charge in [-0.05, 0) is 46.2 Å². The largest absolute Gasteiger partial charge is 0.444 e. The van der Waals surface area contributed by atoms with Gasteiger partial charge in [0.25, 0.3) is 0 Å². The molecule has 1 atom stereocenters. The molecule has 0 saturated carbocycles. The summed E-state index contributed by atoms with van der Waals surface area (Å²) in [5, 5.41) is 10.5. The van der Waals surface area contributed by atoms with Gasteiger partial charge in [-0.2, -0.15) is 5.10 Å². The van der Waals surface area contributed by atoms with Crippen LogP contribution in [0, 0.1) is 13.8 Å². The summed E-state index contributed by atoms with van der Waals surface area (Å²) in [7, 11) is 0. The zero-order chi connectivity index (χ0) is 22.8. The number of anilines is 1. The summed E-state index contributed by atoms with van der Waals surface area (Å²) in [6.45, 7) is 10.8. The van der Waals surface area contributed by atoms with Gasteiger partial charge in [-0.15, -0.1) is 0 Å². The molecule has 2 aromatic rings. The van der Waals surface area contributed by atoms with E-state index < -0.39 is 5.60 Å². The van der Waals surface area contributed by atoms with E-state index in [1.165, 1.54) is 0 Å². The second kappa shape index (κ2) is 9.28. The first-order valence-corrected chi connectivity index (χ1v) is 10.7. The third-order valence-electron chi connectivity index (χ3n) is 5.15. The van der Waals surface area contributed by atoms with Crippen molar-refractivity contribution in [2.75, 3.05) is 31.5 Å². The number of hydrogen-bond acceptors (Lipinski definition) is 5. The molecule has 2 heterocycles. The number of benzene rings is 1. The zero-order valence-corrected chi connectivity index (χ0v) is 19.4. The van der Waals surface area contributed by atoms with Gasteiger partial charge in [0.2, 0.25) is 5.91 Å². The Kier molecular flexibility index (Phi) is 6.91. The molecule has 2 N–H and O–H groups in total. The number of aromatic amines is 1. The summed E-state index contributed by atoms with van der Waals surface area (Å²) in [4.78, 5) is 29.2. The maximum atomic E-state index is 12.8. The van der Waals surface area contributed by atoms with E-state index in [2.05, 4.69) is 15.5 Å². The van der Waals surface area contributed by atoms with Crippen molar-refractivity contribution in [3.63, 3.8) is 0 Å². The molecule has 9 heteroatoms. The number of rotatable bonds is 4. The number of carbonyl (C=O) groups is 2. The topological polar surface area (TPSA) is 90.6 Å². The zero-order valence-electron chi connectivity index (χ0n) is 18.7. The van der Waals surface area contributed by atoms with E-state index in [0.29, 0.717) is 30.3 Å². The molecule has 0 aliphatic carbocycles. The summed E-state index contributed by atoms with van der Waals surface area (Å²) >= 11 is 6.48. The van der Waals surface area contributed by atoms with E-state index in [4.69, 9.17) is 16.3 Å². The molecule has 1 aromatic heterocycles. The van der Waals surface area contributed by atoms with Crippen LogP contribution in [0.1, 0.15) is 43.8 Å². The van der Waals surface area contributed by atoms with Gasteiger partial charge in [-0.1, -0.05) is 29.8 Å². The number of aromatic nitrogens is 2. The molecule has 1 aliphatic rings. The molecule has 1 fully saturated rings. The Morgan fingerprint density at radius 3 is 2.58 bits per heavy atom. The lowest BCUT2D eigenvalue weighted by Crippen LogP contribution is -2.53. The number of amides is 2. The van der Waals surface area contributed by atoms with E-state index in [-0.39, 0.29) is 24.6 Å². The Morgan fingerprint density at radius 2 is 1.97 bits per heavy atom. The van der Waals surface area contributed by atoms with Gasteiger partial charge in [0, 0.05) is 24.7 Å². The molecule has 1 saturated heterocycles. The van der Waals surface area contributed by atoms with Crippen molar-refractivity contribution in [2.45, 2.75) is 46.3 Å². The third kappa shape index (κ3) is 5.77. The number of hydrogen-bond donors (Lipinski definition) is 2. The minimum Gasteiger partial charge on any atom is -0.444 e. The fourth-order valence-corrected chi connectivity index (χ4v) is 3.90. The fraction of sp³-hybridized carbons (Fsp3) is 0.500. The van der Waals surface area contributed by atoms with Crippen LogP contribution in [0.2, 0.25) is 5.02 Å². The van der Waals surface area contributed by atoms with E-state index >= 15 is 0 Å². The highest BCUT2D eigenvalue weighted by atomic mass is 35.5. The van der Waals surface area contributed by atoms with Crippen LogP contribution < -0.4 is 5.32 Å². The first-order chi connectivity index (χ1) is 14.5. The minimum absolute atomic E-state index is 0.143. The SMILES string of the molecule is Cc1n[nH]c(C)c1NC(=O)CN1CCN(C(=O)OC(C)(C)C)C[C@H]1c1ccccc1Cl. The molecule has 8 nitrogen and oxygen atoms in total. The number of ether oxygens (including phenoxy) is 1. The maximum Gasteiger partial charge on any atom is 0.410 e. The standard InChI is InChI=1S/C22H30ClN5O3/c1-14-20(15(2)26-25-14)24-19(29)13-27-10-11-28(21(30)31-22(3,4)5)12-18(27)16-8-6-7-9-17(16)23/h6-9,18H,10-13H2,1-5H3,(H,24,29)(H,25,26)/t18-/m0/s1. The highest BCUT2D eigenvalue weighted by Crippen LogP contribution is 2.31. The lowest BCUT2D eigenvalue weighted by Gasteiger charge is -2.41. The number of nitrogens with zero attached hydrogens (tertiary/aromatic N) is 3. The van der Waals surface area contributed by atoms with Gasteiger partial charge in [0.05, 0.1) is 29.7 Å². The maximum absolute atomic E-state index is 12.8. The quantitative estimate of drug-likeness (QED) is 0.741. The molecule has 31 heavy (non-hydrogen) atoms. The average molecular weight is 448 g/mol. The number of nitrogens with one attached hydrogen (secondary N) is 2.